The fourth-order valence-corrected chi connectivity index (χ4v) is 3.46. The van der Waals surface area contributed by atoms with Gasteiger partial charge in [-0.15, -0.1) is 5.10 Å². The van der Waals surface area contributed by atoms with Crippen LogP contribution in [0.5, 0.6) is 0 Å². The first-order valence-electron chi connectivity index (χ1n) is 9.86. The molecule has 0 aromatic carbocycles. The van der Waals surface area contributed by atoms with Crippen LogP contribution in [0.4, 0.5) is 16.7 Å². The van der Waals surface area contributed by atoms with Crippen molar-refractivity contribution in [1.29, 1.82) is 0 Å². The summed E-state index contributed by atoms with van der Waals surface area (Å²) in [6, 6.07) is 3.52. The van der Waals surface area contributed by atoms with Crippen molar-refractivity contribution < 1.29 is 13.9 Å². The fraction of sp³-hybridized carbons (Fsp3) is 0.526. The molecule has 0 spiro atoms. The minimum Gasteiger partial charge on any atom is -0.461 e. The summed E-state index contributed by atoms with van der Waals surface area (Å²) >= 11 is 0. The van der Waals surface area contributed by atoms with Crippen molar-refractivity contribution in [2.24, 2.45) is 0 Å². The van der Waals surface area contributed by atoms with E-state index in [-0.39, 0.29) is 18.1 Å². The van der Waals surface area contributed by atoms with Gasteiger partial charge in [0.05, 0.1) is 12.3 Å². The van der Waals surface area contributed by atoms with Gasteiger partial charge in [0.2, 0.25) is 17.7 Å². The molecule has 0 saturated carbocycles. The number of likely N-dealkylation sites (N-methyl/N-ethyl adjacent to an activating group) is 1. The Labute approximate surface area is 173 Å². The molecule has 11 nitrogen and oxygen atoms in total. The van der Waals surface area contributed by atoms with E-state index in [1.165, 1.54) is 4.52 Å². The zero-order valence-electron chi connectivity index (χ0n) is 17.6. The lowest BCUT2D eigenvalue weighted by Gasteiger charge is -2.30. The lowest BCUT2D eigenvalue weighted by molar-refractivity contribution is 0.0231. The van der Waals surface area contributed by atoms with Crippen molar-refractivity contribution in [3.8, 4) is 11.6 Å². The van der Waals surface area contributed by atoms with Crippen LogP contribution in [0.25, 0.3) is 17.4 Å². The number of carbonyl (C=O) groups is 1. The summed E-state index contributed by atoms with van der Waals surface area (Å²) in [6.45, 7) is 6.82. The molecule has 160 valence electrons. The molecular formula is C19H26N8O3. The highest BCUT2D eigenvalue weighted by molar-refractivity contribution is 5.69. The Balaban J connectivity index is 1.53. The molecule has 1 aliphatic heterocycles. The van der Waals surface area contributed by atoms with Gasteiger partial charge >= 0.3 is 6.09 Å². The maximum atomic E-state index is 12.5. The molecule has 1 amide bonds. The van der Waals surface area contributed by atoms with E-state index in [0.29, 0.717) is 36.4 Å². The van der Waals surface area contributed by atoms with Crippen LogP contribution < -0.4 is 10.6 Å². The highest BCUT2D eigenvalue weighted by Crippen LogP contribution is 2.23. The molecule has 3 aromatic rings. The van der Waals surface area contributed by atoms with Crippen molar-refractivity contribution >= 4 is 23.8 Å². The molecule has 1 saturated heterocycles. The third-order valence-electron chi connectivity index (χ3n) is 4.79. The number of carbonyl (C=O) groups excluding carboxylic acids is 1. The third kappa shape index (κ3) is 4.00. The SMILES string of the molecule is CN(CC1CCCN1C(=O)OC(C)(C)C)c1nc(N)n2nc(-c3ccco3)nc2n1. The number of rotatable bonds is 4. The van der Waals surface area contributed by atoms with E-state index in [9.17, 15) is 4.79 Å². The van der Waals surface area contributed by atoms with E-state index >= 15 is 0 Å². The normalized spacial score (nSPS) is 16.9. The topological polar surface area (TPSA) is 128 Å². The Hall–Kier alpha value is -3.37. The quantitative estimate of drug-likeness (QED) is 0.683. The molecule has 0 radical (unpaired) electrons. The van der Waals surface area contributed by atoms with Gasteiger partial charge in [0.1, 0.15) is 5.60 Å². The average Bonchev–Trinajstić information content (AvgIpc) is 3.40. The van der Waals surface area contributed by atoms with Crippen LogP contribution >= 0.6 is 0 Å². The number of amides is 1. The highest BCUT2D eigenvalue weighted by atomic mass is 16.6. The summed E-state index contributed by atoms with van der Waals surface area (Å²) in [5.74, 6) is 1.81. The van der Waals surface area contributed by atoms with E-state index in [0.717, 1.165) is 12.8 Å². The largest absolute Gasteiger partial charge is 0.461 e. The molecular weight excluding hydrogens is 388 g/mol. The van der Waals surface area contributed by atoms with Gasteiger partial charge in [0.15, 0.2) is 5.76 Å². The van der Waals surface area contributed by atoms with Gasteiger partial charge in [0.25, 0.3) is 5.78 Å². The molecule has 3 aromatic heterocycles. The third-order valence-corrected chi connectivity index (χ3v) is 4.79. The Kier molecular flexibility index (Phi) is 4.96. The Bertz CT molecular complexity index is 1040. The van der Waals surface area contributed by atoms with Crippen molar-refractivity contribution in [2.45, 2.75) is 45.3 Å². The number of fused-ring (bicyclic) bond motifs is 1. The number of likely N-dealkylation sites (tertiary alicyclic amines) is 1. The molecule has 1 aliphatic rings. The summed E-state index contributed by atoms with van der Waals surface area (Å²) in [4.78, 5) is 29.4. The minimum absolute atomic E-state index is 0.00227. The molecule has 1 fully saturated rings. The van der Waals surface area contributed by atoms with Crippen LogP contribution in [0, 0.1) is 0 Å². The number of nitrogens with zero attached hydrogens (tertiary/aromatic N) is 7. The van der Waals surface area contributed by atoms with Gasteiger partial charge in [-0.05, 0) is 45.7 Å². The average molecular weight is 414 g/mol. The minimum atomic E-state index is -0.530. The van der Waals surface area contributed by atoms with Crippen molar-refractivity contribution in [1.82, 2.24) is 29.5 Å². The maximum Gasteiger partial charge on any atom is 0.410 e. The Morgan fingerprint density at radius 1 is 1.37 bits per heavy atom. The summed E-state index contributed by atoms with van der Waals surface area (Å²) < 4.78 is 12.3. The molecule has 1 unspecified atom stereocenters. The monoisotopic (exact) mass is 414 g/mol. The van der Waals surface area contributed by atoms with E-state index in [1.54, 1.807) is 23.3 Å². The van der Waals surface area contributed by atoms with Crippen LogP contribution in [0.15, 0.2) is 22.8 Å². The van der Waals surface area contributed by atoms with E-state index in [1.807, 2.05) is 32.7 Å². The van der Waals surface area contributed by atoms with Crippen LogP contribution in [0.3, 0.4) is 0 Å². The van der Waals surface area contributed by atoms with Gasteiger partial charge in [-0.25, -0.2) is 4.79 Å². The summed E-state index contributed by atoms with van der Waals surface area (Å²) in [6.07, 6.45) is 3.06. The van der Waals surface area contributed by atoms with Gasteiger partial charge in [-0.3, -0.25) is 0 Å². The van der Waals surface area contributed by atoms with Crippen LogP contribution in [0.2, 0.25) is 0 Å². The Morgan fingerprint density at radius 3 is 2.87 bits per heavy atom. The number of aromatic nitrogens is 5. The first kappa shape index (κ1) is 19.9. The fourth-order valence-electron chi connectivity index (χ4n) is 3.46. The molecule has 0 aliphatic carbocycles. The smallest absolute Gasteiger partial charge is 0.410 e. The van der Waals surface area contributed by atoms with Gasteiger partial charge in [-0.1, -0.05) is 0 Å². The molecule has 0 bridgehead atoms. The maximum absolute atomic E-state index is 12.5. The standard InChI is InChI=1S/C19H26N8O3/c1-19(2,3)30-18(28)26-9-5-7-12(26)11-25(4)16-22-15(20)27-17(23-16)21-14(24-27)13-8-6-10-29-13/h6,8,10,12H,5,7,9,11H2,1-4H3,(H2,20,21,22,23,24). The van der Waals surface area contributed by atoms with Crippen LogP contribution in [0.1, 0.15) is 33.6 Å². The number of ether oxygens (including phenoxy) is 1. The zero-order valence-corrected chi connectivity index (χ0v) is 17.6. The zero-order chi connectivity index (χ0) is 21.5. The number of nitrogens with two attached hydrogens (primary N) is 1. The molecule has 4 rings (SSSR count). The van der Waals surface area contributed by atoms with Crippen LogP contribution in [-0.2, 0) is 4.74 Å². The van der Waals surface area contributed by atoms with Crippen molar-refractivity contribution in [3.05, 3.63) is 18.4 Å². The Morgan fingerprint density at radius 2 is 2.17 bits per heavy atom. The number of furan rings is 1. The van der Waals surface area contributed by atoms with Gasteiger partial charge in [0, 0.05) is 20.1 Å². The second-order valence-electron chi connectivity index (χ2n) is 8.36. The first-order valence-corrected chi connectivity index (χ1v) is 9.86. The van der Waals surface area contributed by atoms with Crippen molar-refractivity contribution in [2.75, 3.05) is 30.8 Å². The van der Waals surface area contributed by atoms with E-state index in [4.69, 9.17) is 14.9 Å². The lowest BCUT2D eigenvalue weighted by atomic mass is 10.2. The molecule has 30 heavy (non-hydrogen) atoms. The molecule has 4 heterocycles. The number of anilines is 2. The molecule has 1 atom stereocenters. The summed E-state index contributed by atoms with van der Waals surface area (Å²) in [5.41, 5.74) is 5.55. The second-order valence-corrected chi connectivity index (χ2v) is 8.36. The summed E-state index contributed by atoms with van der Waals surface area (Å²) in [5, 5.41) is 4.30. The predicted molar refractivity (Wildman–Crippen MR) is 110 cm³/mol. The molecule has 11 heteroatoms. The van der Waals surface area contributed by atoms with Gasteiger partial charge in [-0.2, -0.15) is 19.5 Å². The van der Waals surface area contributed by atoms with Crippen molar-refractivity contribution in [3.63, 3.8) is 0 Å². The second kappa shape index (κ2) is 7.47. The molecule has 2 N–H and O–H groups in total. The van der Waals surface area contributed by atoms with E-state index in [2.05, 4.69) is 20.1 Å². The predicted octanol–water partition coefficient (Wildman–Crippen LogP) is 2.20. The number of hydrogen-bond acceptors (Lipinski definition) is 9. The van der Waals surface area contributed by atoms with Gasteiger partial charge < -0.3 is 24.7 Å². The summed E-state index contributed by atoms with van der Waals surface area (Å²) in [7, 11) is 1.86. The number of hydrogen-bond donors (Lipinski definition) is 1. The van der Waals surface area contributed by atoms with Crippen LogP contribution in [-0.4, -0.2) is 67.3 Å². The van der Waals surface area contributed by atoms with E-state index < -0.39 is 5.60 Å². The lowest BCUT2D eigenvalue weighted by Crippen LogP contribution is -2.44. The first-order chi connectivity index (χ1) is 14.2. The highest BCUT2D eigenvalue weighted by Gasteiger charge is 2.33. The number of nitrogen functional groups attached to an aromatic ring is 1.